The van der Waals surface area contributed by atoms with Crippen molar-refractivity contribution in [3.05, 3.63) is 65.2 Å². The minimum Gasteiger partial charge on any atom is -0.618 e. The second-order valence-corrected chi connectivity index (χ2v) is 12.6. The van der Waals surface area contributed by atoms with Crippen molar-refractivity contribution in [2.75, 3.05) is 6.54 Å². The summed E-state index contributed by atoms with van der Waals surface area (Å²) in [5, 5.41) is 29.2. The number of amides is 2. The Balaban J connectivity index is 1.49. The molecule has 1 aromatic carbocycles. The van der Waals surface area contributed by atoms with E-state index in [9.17, 15) is 28.3 Å². The zero-order valence-electron chi connectivity index (χ0n) is 23.0. The van der Waals surface area contributed by atoms with E-state index in [0.717, 1.165) is 15.9 Å². The number of nitrogens with one attached hydrogen (secondary N) is 2. The summed E-state index contributed by atoms with van der Waals surface area (Å²) in [6, 6.07) is 9.20. The van der Waals surface area contributed by atoms with Gasteiger partial charge in [-0.05, 0) is 51.2 Å². The van der Waals surface area contributed by atoms with E-state index in [0.29, 0.717) is 30.4 Å². The predicted molar refractivity (Wildman–Crippen MR) is 148 cm³/mol. The molecule has 0 aliphatic carbocycles. The molecule has 40 heavy (non-hydrogen) atoms. The number of nitrogens with zero attached hydrogens (tertiary/aromatic N) is 2. The zero-order valence-corrected chi connectivity index (χ0v) is 23.8. The highest BCUT2D eigenvalue weighted by Gasteiger charge is 2.40. The molecule has 3 N–H and O–H groups in total. The lowest BCUT2D eigenvalue weighted by Crippen LogP contribution is -2.54. The Kier molecular flexibility index (Phi) is 8.81. The van der Waals surface area contributed by atoms with E-state index in [1.807, 2.05) is 32.0 Å². The Hall–Kier alpha value is -3.48. The average Bonchev–Trinajstić information content (AvgIpc) is 3.17. The number of aryl methyl sites for hydroxylation is 1. The Morgan fingerprint density at radius 1 is 1.18 bits per heavy atom. The van der Waals surface area contributed by atoms with Crippen molar-refractivity contribution >= 4 is 32.8 Å². The highest BCUT2D eigenvalue weighted by Crippen LogP contribution is 2.26. The molecule has 0 radical (unpaired) electrons. The first-order chi connectivity index (χ1) is 18.9. The van der Waals surface area contributed by atoms with Gasteiger partial charge in [0.1, 0.15) is 11.6 Å². The summed E-state index contributed by atoms with van der Waals surface area (Å²) >= 11 is 0. The number of rotatable bonds is 8. The molecule has 2 amide bonds. The van der Waals surface area contributed by atoms with Crippen molar-refractivity contribution in [3.8, 4) is 0 Å². The van der Waals surface area contributed by atoms with Gasteiger partial charge in [-0.1, -0.05) is 32.0 Å². The van der Waals surface area contributed by atoms with Crippen LogP contribution in [0.4, 0.5) is 0 Å². The summed E-state index contributed by atoms with van der Waals surface area (Å²) in [5.41, 5.74) is 1.24. The zero-order chi connectivity index (χ0) is 29.2. The molecule has 0 unspecified atom stereocenters. The fourth-order valence-corrected chi connectivity index (χ4v) is 6.79. The van der Waals surface area contributed by atoms with Crippen LogP contribution in [-0.2, 0) is 14.8 Å². The van der Waals surface area contributed by atoms with Crippen LogP contribution in [0.5, 0.6) is 0 Å². The number of aromatic nitrogens is 1. The molecule has 12 heteroatoms. The first kappa shape index (κ1) is 29.5. The molecule has 3 aromatic rings. The first-order valence-corrected chi connectivity index (χ1v) is 14.8. The van der Waals surface area contributed by atoms with Crippen LogP contribution in [0.1, 0.15) is 56.2 Å². The molecular formula is C28H36N4O7S. The summed E-state index contributed by atoms with van der Waals surface area (Å²) in [7, 11) is -4.20. The van der Waals surface area contributed by atoms with E-state index in [1.54, 1.807) is 19.9 Å². The van der Waals surface area contributed by atoms with E-state index < -0.39 is 51.1 Å². The molecule has 0 spiro atoms. The smallest absolute Gasteiger partial charge is 0.323 e. The third-order valence-electron chi connectivity index (χ3n) is 7.29. The van der Waals surface area contributed by atoms with Crippen LogP contribution < -0.4 is 15.4 Å². The monoisotopic (exact) mass is 572 g/mol. The standard InChI is InChI=1S/C28H36N4O7S/c1-17(2)15-22(30-28(35)26-19(4)20-9-5-6-10-24(20)39-26)27(34)29-21-13-12-18(3)32(16-23(21)33)40(37,38)25-11-7-8-14-31(25)36/h5-11,14,17-18,21-23,33H,12-13,15-16H2,1-4H3,(H,29,34)(H,30,35)/t18-,21+,22+,23+/m1/s1. The highest BCUT2D eigenvalue weighted by atomic mass is 32.2. The number of furan rings is 1. The van der Waals surface area contributed by atoms with Gasteiger partial charge in [0, 0.05) is 35.7 Å². The molecule has 3 heterocycles. The molecule has 0 saturated carbocycles. The number of fused-ring (bicyclic) bond motifs is 1. The maximum absolute atomic E-state index is 13.4. The van der Waals surface area contributed by atoms with Crippen LogP contribution in [0.2, 0.25) is 0 Å². The van der Waals surface area contributed by atoms with Crippen molar-refractivity contribution in [1.82, 2.24) is 14.9 Å². The van der Waals surface area contributed by atoms with Gasteiger partial charge in [-0.2, -0.15) is 9.04 Å². The second-order valence-electron chi connectivity index (χ2n) is 10.8. The number of carbonyl (C=O) groups is 2. The van der Waals surface area contributed by atoms with Gasteiger partial charge in [0.2, 0.25) is 5.91 Å². The van der Waals surface area contributed by atoms with Gasteiger partial charge in [0.15, 0.2) is 12.0 Å². The van der Waals surface area contributed by atoms with Crippen LogP contribution in [-0.4, -0.2) is 60.4 Å². The number of aliphatic hydroxyl groups excluding tert-OH is 1. The van der Waals surface area contributed by atoms with Crippen molar-refractivity contribution in [2.24, 2.45) is 5.92 Å². The number of pyridine rings is 1. The van der Waals surface area contributed by atoms with Gasteiger partial charge in [-0.25, -0.2) is 8.42 Å². The van der Waals surface area contributed by atoms with Crippen LogP contribution in [0.25, 0.3) is 11.0 Å². The number of hydrogen-bond donors (Lipinski definition) is 3. The highest BCUT2D eigenvalue weighted by molar-refractivity contribution is 7.89. The molecule has 2 aromatic heterocycles. The van der Waals surface area contributed by atoms with E-state index in [2.05, 4.69) is 10.6 Å². The van der Waals surface area contributed by atoms with E-state index in [4.69, 9.17) is 4.42 Å². The van der Waals surface area contributed by atoms with Crippen LogP contribution >= 0.6 is 0 Å². The van der Waals surface area contributed by atoms with Gasteiger partial charge in [0.25, 0.3) is 5.91 Å². The summed E-state index contributed by atoms with van der Waals surface area (Å²) in [4.78, 5) is 26.6. The summed E-state index contributed by atoms with van der Waals surface area (Å²) in [5.74, 6) is -0.805. The Morgan fingerprint density at radius 3 is 2.55 bits per heavy atom. The van der Waals surface area contributed by atoms with Crippen molar-refractivity contribution < 1.29 is 32.3 Å². The number of β-amino-alcohol motifs (C(OH)–C–C–N with tert-alkyl or cyclic N) is 1. The maximum atomic E-state index is 13.4. The number of benzene rings is 1. The molecule has 216 valence electrons. The molecule has 1 aliphatic rings. The minimum absolute atomic E-state index is 0.0668. The van der Waals surface area contributed by atoms with Gasteiger partial charge < -0.3 is 25.4 Å². The molecule has 0 bridgehead atoms. The van der Waals surface area contributed by atoms with Crippen LogP contribution in [0, 0.1) is 18.0 Å². The number of carbonyl (C=O) groups excluding carboxylic acids is 2. The summed E-state index contributed by atoms with van der Waals surface area (Å²) in [6.07, 6.45) is 0.850. The first-order valence-electron chi connectivity index (χ1n) is 13.4. The number of aliphatic hydroxyl groups is 1. The third kappa shape index (κ3) is 6.13. The van der Waals surface area contributed by atoms with Crippen molar-refractivity contribution in [1.29, 1.82) is 0 Å². The topological polar surface area (TPSA) is 156 Å². The number of hydrogen-bond acceptors (Lipinski definition) is 7. The molecule has 4 atom stereocenters. The maximum Gasteiger partial charge on any atom is 0.323 e. The molecular weight excluding hydrogens is 536 g/mol. The van der Waals surface area contributed by atoms with Crippen molar-refractivity contribution in [3.63, 3.8) is 0 Å². The number of para-hydroxylation sites is 1. The molecule has 1 fully saturated rings. The second kappa shape index (κ2) is 11.9. The average molecular weight is 573 g/mol. The molecule has 1 aliphatic heterocycles. The van der Waals surface area contributed by atoms with E-state index >= 15 is 0 Å². The lowest BCUT2D eigenvalue weighted by atomic mass is 10.0. The van der Waals surface area contributed by atoms with Gasteiger partial charge in [-0.3, -0.25) is 9.59 Å². The summed E-state index contributed by atoms with van der Waals surface area (Å²) < 4.78 is 33.7. The quantitative estimate of drug-likeness (QED) is 0.276. The van der Waals surface area contributed by atoms with E-state index in [-0.39, 0.29) is 23.0 Å². The normalized spacial score (nSPS) is 21.2. The number of sulfonamides is 1. The Bertz CT molecular complexity index is 1490. The van der Waals surface area contributed by atoms with Gasteiger partial charge in [0.05, 0.1) is 12.1 Å². The molecule has 4 rings (SSSR count). The fraction of sp³-hybridized carbons (Fsp3) is 0.464. The lowest BCUT2D eigenvalue weighted by Gasteiger charge is -2.28. The Morgan fingerprint density at radius 2 is 1.88 bits per heavy atom. The third-order valence-corrected chi connectivity index (χ3v) is 9.26. The largest absolute Gasteiger partial charge is 0.618 e. The van der Waals surface area contributed by atoms with Crippen LogP contribution in [0.15, 0.2) is 58.1 Å². The minimum atomic E-state index is -4.20. The van der Waals surface area contributed by atoms with Gasteiger partial charge in [-0.15, -0.1) is 0 Å². The SMILES string of the molecule is Cc1c(C(=O)N[C@@H](CC(C)C)C(=O)N[C@H]2CC[C@@H](C)N(S(=O)(=O)c3cccc[n+]3[O-])C[C@@H]2O)oc2ccccc12. The fourth-order valence-electron chi connectivity index (χ4n) is 5.09. The van der Waals surface area contributed by atoms with Crippen LogP contribution in [0.3, 0.4) is 0 Å². The molecule has 11 nitrogen and oxygen atoms in total. The Labute approximate surface area is 233 Å². The van der Waals surface area contributed by atoms with Crippen molar-refractivity contribution in [2.45, 2.75) is 76.2 Å². The molecule has 1 saturated heterocycles. The van der Waals surface area contributed by atoms with Gasteiger partial charge >= 0.3 is 15.0 Å². The summed E-state index contributed by atoms with van der Waals surface area (Å²) in [6.45, 7) is 7.03. The lowest BCUT2D eigenvalue weighted by molar-refractivity contribution is -0.646. The van der Waals surface area contributed by atoms with E-state index in [1.165, 1.54) is 18.2 Å². The predicted octanol–water partition coefficient (Wildman–Crippen LogP) is 2.24.